The van der Waals surface area contributed by atoms with Gasteiger partial charge in [-0.3, -0.25) is 4.21 Å². The fraction of sp³-hybridized carbons (Fsp3) is 0.200. The fourth-order valence-electron chi connectivity index (χ4n) is 1.90. The van der Waals surface area contributed by atoms with Crippen LogP contribution in [0.25, 0.3) is 0 Å². The Hall–Kier alpha value is -1.32. The van der Waals surface area contributed by atoms with Crippen molar-refractivity contribution in [3.05, 3.63) is 58.1 Å². The second-order valence-electron chi connectivity index (χ2n) is 4.60. The number of benzene rings is 2. The largest absolute Gasteiger partial charge is 0.398 e. The van der Waals surface area contributed by atoms with Crippen molar-refractivity contribution in [2.24, 2.45) is 0 Å². The van der Waals surface area contributed by atoms with Crippen molar-refractivity contribution in [2.75, 3.05) is 5.73 Å². The van der Waals surface area contributed by atoms with Gasteiger partial charge in [0.05, 0.1) is 21.4 Å². The van der Waals surface area contributed by atoms with E-state index in [4.69, 9.17) is 17.3 Å². The maximum Gasteiger partial charge on any atom is 0.0621 e. The van der Waals surface area contributed by atoms with Crippen molar-refractivity contribution in [2.45, 2.75) is 24.5 Å². The molecule has 2 aromatic carbocycles. The molecule has 0 bridgehead atoms. The average Bonchev–Trinajstić information content (AvgIpc) is 2.33. The molecular weight excluding hydrogens is 278 g/mol. The van der Waals surface area contributed by atoms with Gasteiger partial charge in [-0.25, -0.2) is 0 Å². The third-order valence-corrected chi connectivity index (χ3v) is 4.68. The molecule has 2 aromatic rings. The third-order valence-electron chi connectivity index (χ3n) is 3.01. The van der Waals surface area contributed by atoms with E-state index < -0.39 is 10.8 Å². The molecule has 19 heavy (non-hydrogen) atoms. The minimum Gasteiger partial charge on any atom is -0.398 e. The Bertz CT molecular complexity index is 640. The summed E-state index contributed by atoms with van der Waals surface area (Å²) >= 11 is 5.85. The van der Waals surface area contributed by atoms with E-state index in [1.807, 2.05) is 19.9 Å². The number of halogens is 1. The van der Waals surface area contributed by atoms with Crippen LogP contribution in [0.5, 0.6) is 0 Å². The normalized spacial score (nSPS) is 12.4. The molecule has 0 saturated heterocycles. The van der Waals surface area contributed by atoms with E-state index in [-0.39, 0.29) is 0 Å². The summed E-state index contributed by atoms with van der Waals surface area (Å²) < 4.78 is 12.4. The highest BCUT2D eigenvalue weighted by molar-refractivity contribution is 7.84. The topological polar surface area (TPSA) is 43.1 Å². The van der Waals surface area contributed by atoms with Crippen LogP contribution >= 0.6 is 11.6 Å². The number of nitrogens with two attached hydrogens (primary N) is 1. The van der Waals surface area contributed by atoms with Crippen LogP contribution in [0.4, 0.5) is 5.69 Å². The number of anilines is 1. The first-order valence-electron chi connectivity index (χ1n) is 5.97. The van der Waals surface area contributed by atoms with E-state index in [0.29, 0.717) is 21.4 Å². The Morgan fingerprint density at radius 1 is 1.16 bits per heavy atom. The first-order chi connectivity index (χ1) is 8.97. The summed E-state index contributed by atoms with van der Waals surface area (Å²) in [5.41, 5.74) is 9.75. The first-order valence-corrected chi connectivity index (χ1v) is 7.66. The molecule has 0 amide bonds. The van der Waals surface area contributed by atoms with Gasteiger partial charge in [0.2, 0.25) is 0 Å². The third kappa shape index (κ3) is 3.37. The molecule has 0 radical (unpaired) electrons. The maximum atomic E-state index is 12.4. The summed E-state index contributed by atoms with van der Waals surface area (Å²) in [5, 5.41) is 0.560. The Balaban J connectivity index is 2.28. The highest BCUT2D eigenvalue weighted by atomic mass is 35.5. The smallest absolute Gasteiger partial charge is 0.0621 e. The highest BCUT2D eigenvalue weighted by Gasteiger charge is 2.11. The van der Waals surface area contributed by atoms with E-state index >= 15 is 0 Å². The molecule has 0 fully saturated rings. The number of rotatable bonds is 3. The quantitative estimate of drug-likeness (QED) is 0.874. The van der Waals surface area contributed by atoms with Crippen molar-refractivity contribution in [1.29, 1.82) is 0 Å². The molecule has 0 aliphatic carbocycles. The molecule has 0 aliphatic heterocycles. The Morgan fingerprint density at radius 2 is 1.89 bits per heavy atom. The lowest BCUT2D eigenvalue weighted by atomic mass is 10.1. The standard InChI is InChI=1S/C15H16ClNOS/c1-10-3-4-11(2)12(7-10)9-19(18)15-6-5-13(16)8-14(15)17/h3-8H,9,17H2,1-2H3. The molecular formula is C15H16ClNOS. The summed E-state index contributed by atoms with van der Waals surface area (Å²) in [6.07, 6.45) is 0. The lowest BCUT2D eigenvalue weighted by molar-refractivity contribution is 0.683. The van der Waals surface area contributed by atoms with E-state index in [9.17, 15) is 4.21 Å². The molecule has 2 nitrogen and oxygen atoms in total. The van der Waals surface area contributed by atoms with Crippen LogP contribution in [0.3, 0.4) is 0 Å². The summed E-state index contributed by atoms with van der Waals surface area (Å²) in [5.74, 6) is 0.472. The van der Waals surface area contributed by atoms with Gasteiger partial charge in [-0.05, 0) is 43.2 Å². The minimum absolute atomic E-state index is 0.472. The van der Waals surface area contributed by atoms with Gasteiger partial charge in [0.25, 0.3) is 0 Å². The number of hydrogen-bond donors (Lipinski definition) is 1. The number of nitrogen functional groups attached to an aromatic ring is 1. The molecule has 0 heterocycles. The zero-order valence-corrected chi connectivity index (χ0v) is 12.5. The molecule has 0 aromatic heterocycles. The van der Waals surface area contributed by atoms with Crippen LogP contribution in [0.2, 0.25) is 5.02 Å². The molecule has 2 rings (SSSR count). The Labute approximate surface area is 121 Å². The summed E-state index contributed by atoms with van der Waals surface area (Å²) in [7, 11) is -1.16. The van der Waals surface area contributed by atoms with Gasteiger partial charge in [-0.15, -0.1) is 0 Å². The van der Waals surface area contributed by atoms with Crippen molar-refractivity contribution in [3.8, 4) is 0 Å². The van der Waals surface area contributed by atoms with E-state index in [0.717, 1.165) is 11.1 Å². The van der Waals surface area contributed by atoms with Gasteiger partial charge in [0.15, 0.2) is 0 Å². The molecule has 0 aliphatic rings. The second-order valence-corrected chi connectivity index (χ2v) is 6.46. The van der Waals surface area contributed by atoms with E-state index in [1.165, 1.54) is 5.56 Å². The molecule has 2 N–H and O–H groups in total. The number of aryl methyl sites for hydroxylation is 2. The molecule has 1 atom stereocenters. The second kappa shape index (κ2) is 5.76. The van der Waals surface area contributed by atoms with Crippen LogP contribution in [0.15, 0.2) is 41.3 Å². The molecule has 0 saturated carbocycles. The van der Waals surface area contributed by atoms with Crippen LogP contribution in [0, 0.1) is 13.8 Å². The van der Waals surface area contributed by atoms with Gasteiger partial charge in [0, 0.05) is 10.7 Å². The van der Waals surface area contributed by atoms with Gasteiger partial charge in [0.1, 0.15) is 0 Å². The predicted molar refractivity (Wildman–Crippen MR) is 81.9 cm³/mol. The average molecular weight is 294 g/mol. The van der Waals surface area contributed by atoms with Crippen LogP contribution in [-0.4, -0.2) is 4.21 Å². The number of hydrogen-bond acceptors (Lipinski definition) is 2. The van der Waals surface area contributed by atoms with Crippen molar-refractivity contribution >= 4 is 28.1 Å². The fourth-order valence-corrected chi connectivity index (χ4v) is 3.37. The lowest BCUT2D eigenvalue weighted by Gasteiger charge is -2.09. The van der Waals surface area contributed by atoms with Crippen LogP contribution < -0.4 is 5.73 Å². The predicted octanol–water partition coefficient (Wildman–Crippen LogP) is 3.85. The summed E-state index contributed by atoms with van der Waals surface area (Å²) in [6.45, 7) is 4.06. The zero-order valence-electron chi connectivity index (χ0n) is 10.9. The zero-order chi connectivity index (χ0) is 14.0. The molecule has 1 unspecified atom stereocenters. The highest BCUT2D eigenvalue weighted by Crippen LogP contribution is 2.24. The van der Waals surface area contributed by atoms with Crippen molar-refractivity contribution < 1.29 is 4.21 Å². The van der Waals surface area contributed by atoms with Gasteiger partial charge >= 0.3 is 0 Å². The SMILES string of the molecule is Cc1ccc(C)c(CS(=O)c2ccc(Cl)cc2N)c1. The van der Waals surface area contributed by atoms with Crippen LogP contribution in [0.1, 0.15) is 16.7 Å². The molecule has 4 heteroatoms. The van der Waals surface area contributed by atoms with Crippen molar-refractivity contribution in [1.82, 2.24) is 0 Å². The molecule has 0 spiro atoms. The van der Waals surface area contributed by atoms with Gasteiger partial charge < -0.3 is 5.73 Å². The van der Waals surface area contributed by atoms with Gasteiger partial charge in [-0.1, -0.05) is 35.4 Å². The van der Waals surface area contributed by atoms with E-state index in [2.05, 4.69) is 12.1 Å². The first kappa shape index (κ1) is 14.1. The Kier molecular flexibility index (Phi) is 4.27. The summed E-state index contributed by atoms with van der Waals surface area (Å²) in [6, 6.07) is 11.3. The minimum atomic E-state index is -1.16. The summed E-state index contributed by atoms with van der Waals surface area (Å²) in [4.78, 5) is 0.644. The van der Waals surface area contributed by atoms with Crippen LogP contribution in [-0.2, 0) is 16.6 Å². The van der Waals surface area contributed by atoms with Gasteiger partial charge in [-0.2, -0.15) is 0 Å². The van der Waals surface area contributed by atoms with Crippen molar-refractivity contribution in [3.63, 3.8) is 0 Å². The maximum absolute atomic E-state index is 12.4. The van der Waals surface area contributed by atoms with E-state index in [1.54, 1.807) is 18.2 Å². The lowest BCUT2D eigenvalue weighted by Crippen LogP contribution is -2.02. The Morgan fingerprint density at radius 3 is 2.58 bits per heavy atom. The monoisotopic (exact) mass is 293 g/mol. The molecule has 100 valence electrons.